The van der Waals surface area contributed by atoms with Gasteiger partial charge in [0, 0.05) is 11.5 Å². The van der Waals surface area contributed by atoms with Gasteiger partial charge in [0.1, 0.15) is 5.94 Å². The Kier molecular flexibility index (Phi) is 2.02. The molecule has 4 bridgehead atoms. The molecule has 0 unspecified atom stereocenters. The lowest BCUT2D eigenvalue weighted by Gasteiger charge is -2.53. The van der Waals surface area contributed by atoms with Gasteiger partial charge < -0.3 is 0 Å². The van der Waals surface area contributed by atoms with Crippen molar-refractivity contribution in [1.29, 1.82) is 0 Å². The van der Waals surface area contributed by atoms with Crippen molar-refractivity contribution in [3.63, 3.8) is 0 Å². The molecule has 0 aliphatic carbocycles. The molecule has 0 aromatic rings. The van der Waals surface area contributed by atoms with Gasteiger partial charge in [0.05, 0.1) is 13.7 Å². The molecule has 4 fully saturated rings. The Morgan fingerprint density at radius 2 is 1.54 bits per heavy atom. The summed E-state index contributed by atoms with van der Waals surface area (Å²) in [5.74, 6) is 2.02. The van der Waals surface area contributed by atoms with E-state index in [1.54, 1.807) is 0 Å². The first kappa shape index (κ1) is 8.78. The Morgan fingerprint density at radius 1 is 1.08 bits per heavy atom. The fraction of sp³-hybridized carbons (Fsp3) is 0.778. The summed E-state index contributed by atoms with van der Waals surface area (Å²) in [5.41, 5.74) is 0.240. The van der Waals surface area contributed by atoms with E-state index in [-0.39, 0.29) is 5.41 Å². The molecular weight excluding hydrogens is 220 g/mol. The minimum Gasteiger partial charge on any atom is -0.234 e. The van der Waals surface area contributed by atoms with E-state index in [2.05, 4.69) is 35.3 Å². The lowest BCUT2D eigenvalue weighted by atomic mass is 9.79. The van der Waals surface area contributed by atoms with Gasteiger partial charge in [0.2, 0.25) is 0 Å². The fourth-order valence-electron chi connectivity index (χ4n) is 2.44. The van der Waals surface area contributed by atoms with Crippen LogP contribution in [-0.2, 0) is 4.79 Å². The number of thioether (sulfide) groups is 3. The molecule has 0 amide bonds. The van der Waals surface area contributed by atoms with Crippen LogP contribution in [0, 0.1) is 5.41 Å². The number of hydrogen-bond donors (Lipinski definition) is 0. The molecule has 0 aromatic carbocycles. The van der Waals surface area contributed by atoms with Gasteiger partial charge >= 0.3 is 0 Å². The molecule has 4 saturated heterocycles. The van der Waals surface area contributed by atoms with Gasteiger partial charge in [-0.2, -0.15) is 0 Å². The first-order valence-corrected chi connectivity index (χ1v) is 7.31. The Bertz CT molecular complexity index is 247. The monoisotopic (exact) mass is 230 g/mol. The van der Waals surface area contributed by atoms with E-state index in [0.29, 0.717) is 0 Å². The molecule has 70 valence electrons. The Balaban J connectivity index is 1.95. The third-order valence-electron chi connectivity index (χ3n) is 3.00. The van der Waals surface area contributed by atoms with Crippen LogP contribution in [0.25, 0.3) is 0 Å². The topological polar surface area (TPSA) is 17.1 Å². The third kappa shape index (κ3) is 1.39. The minimum absolute atomic E-state index is 0.240. The van der Waals surface area contributed by atoms with Crippen molar-refractivity contribution in [2.24, 2.45) is 5.41 Å². The van der Waals surface area contributed by atoms with E-state index in [9.17, 15) is 4.79 Å². The summed E-state index contributed by atoms with van der Waals surface area (Å²) in [6.45, 7) is 0. The van der Waals surface area contributed by atoms with Crippen molar-refractivity contribution in [3.05, 3.63) is 6.08 Å². The first-order chi connectivity index (χ1) is 6.30. The average Bonchev–Trinajstić information content (AvgIpc) is 2.00. The van der Waals surface area contributed by atoms with Crippen molar-refractivity contribution in [3.8, 4) is 0 Å². The summed E-state index contributed by atoms with van der Waals surface area (Å²) < 4.78 is 2.26. The van der Waals surface area contributed by atoms with Crippen LogP contribution in [0.15, 0.2) is 6.08 Å². The maximum absolute atomic E-state index is 10.5. The predicted octanol–water partition coefficient (Wildman–Crippen LogP) is 2.75. The van der Waals surface area contributed by atoms with E-state index in [0.717, 1.165) is 13.7 Å². The Labute approximate surface area is 90.5 Å². The summed E-state index contributed by atoms with van der Waals surface area (Å²) in [6.07, 6.45) is 5.42. The molecule has 0 atom stereocenters. The summed E-state index contributed by atoms with van der Waals surface area (Å²) in [6, 6.07) is 0. The molecule has 4 rings (SSSR count). The SMILES string of the molecule is O=C=CC12CC3SC(C1)SC(C2)S3. The van der Waals surface area contributed by atoms with Crippen LogP contribution in [-0.4, -0.2) is 19.7 Å². The maximum Gasteiger partial charge on any atom is 0.120 e. The van der Waals surface area contributed by atoms with E-state index < -0.39 is 0 Å². The van der Waals surface area contributed by atoms with Crippen LogP contribution in [0.2, 0.25) is 0 Å². The second-order valence-corrected chi connectivity index (χ2v) is 9.06. The summed E-state index contributed by atoms with van der Waals surface area (Å²) in [5, 5.41) is 0. The second-order valence-electron chi connectivity index (χ2n) is 3.93. The van der Waals surface area contributed by atoms with Crippen molar-refractivity contribution in [1.82, 2.24) is 0 Å². The van der Waals surface area contributed by atoms with Gasteiger partial charge in [-0.1, -0.05) is 0 Å². The van der Waals surface area contributed by atoms with E-state index in [1.165, 1.54) is 19.3 Å². The summed E-state index contributed by atoms with van der Waals surface area (Å²) >= 11 is 6.32. The number of carbonyl (C=O) groups excluding carboxylic acids is 1. The molecule has 4 aliphatic rings. The van der Waals surface area contributed by atoms with E-state index >= 15 is 0 Å². The van der Waals surface area contributed by atoms with Crippen LogP contribution < -0.4 is 0 Å². The quantitative estimate of drug-likeness (QED) is 0.644. The highest BCUT2D eigenvalue weighted by molar-refractivity contribution is 8.33. The molecule has 4 aliphatic heterocycles. The van der Waals surface area contributed by atoms with Crippen LogP contribution in [0.5, 0.6) is 0 Å². The summed E-state index contributed by atoms with van der Waals surface area (Å²) in [7, 11) is 0. The highest BCUT2D eigenvalue weighted by Gasteiger charge is 2.51. The van der Waals surface area contributed by atoms with Crippen molar-refractivity contribution in [2.75, 3.05) is 0 Å². The van der Waals surface area contributed by atoms with Gasteiger partial charge in [-0.05, 0) is 19.3 Å². The van der Waals surface area contributed by atoms with Gasteiger partial charge in [0.25, 0.3) is 0 Å². The molecule has 4 heteroatoms. The van der Waals surface area contributed by atoms with Crippen molar-refractivity contribution in [2.45, 2.75) is 33.0 Å². The zero-order chi connectivity index (χ0) is 8.89. The Morgan fingerprint density at radius 3 is 1.92 bits per heavy atom. The molecule has 13 heavy (non-hydrogen) atoms. The number of rotatable bonds is 1. The van der Waals surface area contributed by atoms with Crippen LogP contribution in [0.3, 0.4) is 0 Å². The minimum atomic E-state index is 0.240. The van der Waals surface area contributed by atoms with E-state index in [1.807, 2.05) is 12.0 Å². The molecule has 4 heterocycles. The third-order valence-corrected chi connectivity index (χ3v) is 7.82. The lowest BCUT2D eigenvalue weighted by Crippen LogP contribution is -2.43. The highest BCUT2D eigenvalue weighted by atomic mass is 32.3. The normalized spacial score (nSPS) is 51.8. The van der Waals surface area contributed by atoms with Gasteiger partial charge in [-0.25, -0.2) is 4.79 Å². The second kappa shape index (κ2) is 2.99. The van der Waals surface area contributed by atoms with Crippen LogP contribution >= 0.6 is 35.3 Å². The predicted molar refractivity (Wildman–Crippen MR) is 60.7 cm³/mol. The van der Waals surface area contributed by atoms with Crippen molar-refractivity contribution >= 4 is 41.2 Å². The molecule has 1 nitrogen and oxygen atoms in total. The zero-order valence-corrected chi connectivity index (χ0v) is 9.51. The zero-order valence-electron chi connectivity index (χ0n) is 7.06. The number of hydrogen-bond acceptors (Lipinski definition) is 4. The Hall–Kier alpha value is 0.500. The standard InChI is InChI=1S/C9H10OS3/c10-2-1-9-3-6-11-7(4-9)13-8(5-9)12-6/h1,6-8H,3-5H2. The molecule has 0 aromatic heterocycles. The molecule has 0 saturated carbocycles. The molecule has 0 radical (unpaired) electrons. The first-order valence-electron chi connectivity index (χ1n) is 4.48. The molecular formula is C9H10OS3. The molecule has 0 N–H and O–H groups in total. The van der Waals surface area contributed by atoms with Gasteiger partial charge in [0.15, 0.2) is 0 Å². The highest BCUT2D eigenvalue weighted by Crippen LogP contribution is 2.66. The van der Waals surface area contributed by atoms with Crippen LogP contribution in [0.4, 0.5) is 0 Å². The fourth-order valence-corrected chi connectivity index (χ4v) is 9.84. The lowest BCUT2D eigenvalue weighted by molar-refractivity contribution is 0.306. The largest absolute Gasteiger partial charge is 0.234 e. The summed E-state index contributed by atoms with van der Waals surface area (Å²) in [4.78, 5) is 10.5. The molecule has 0 spiro atoms. The van der Waals surface area contributed by atoms with Gasteiger partial charge in [-0.3, -0.25) is 0 Å². The smallest absolute Gasteiger partial charge is 0.120 e. The van der Waals surface area contributed by atoms with Gasteiger partial charge in [-0.15, -0.1) is 35.3 Å². The van der Waals surface area contributed by atoms with E-state index in [4.69, 9.17) is 0 Å². The average molecular weight is 230 g/mol. The van der Waals surface area contributed by atoms with Crippen molar-refractivity contribution < 1.29 is 4.79 Å². The van der Waals surface area contributed by atoms with Crippen LogP contribution in [0.1, 0.15) is 19.3 Å². The number of allylic oxidation sites excluding steroid dienone is 1. The maximum atomic E-state index is 10.5.